The number of benzene rings is 1. The summed E-state index contributed by atoms with van der Waals surface area (Å²) in [6.07, 6.45) is -0.107. The van der Waals surface area contributed by atoms with Gasteiger partial charge in [-0.3, -0.25) is 14.2 Å². The van der Waals surface area contributed by atoms with Crippen molar-refractivity contribution >= 4 is 13.6 Å². The highest BCUT2D eigenvalue weighted by Crippen LogP contribution is 2.47. The van der Waals surface area contributed by atoms with Crippen LogP contribution < -0.4 is 9.84 Å². The van der Waals surface area contributed by atoms with Gasteiger partial charge >= 0.3 is 7.82 Å². The fraction of sp³-hybridized carbons (Fsp3) is 0.708. The SMILES string of the molecule is CC(C)N[C@H](Cc1ccc(OP(=O)(O)OC2C[C@H](C)O[C@@H]2COC(C)C)cc1)C(=O)C(C)C. The molecule has 0 spiro atoms. The molecule has 1 aliphatic heterocycles. The summed E-state index contributed by atoms with van der Waals surface area (Å²) < 4.78 is 34.7. The molecular formula is C24H40NO7P. The number of hydrogen-bond acceptors (Lipinski definition) is 7. The van der Waals surface area contributed by atoms with Gasteiger partial charge in [0.15, 0.2) is 5.78 Å². The first-order valence-corrected chi connectivity index (χ1v) is 13.2. The summed E-state index contributed by atoms with van der Waals surface area (Å²) in [7, 11) is -4.37. The minimum Gasteiger partial charge on any atom is -0.404 e. The maximum Gasteiger partial charge on any atom is 0.527 e. The molecule has 188 valence electrons. The smallest absolute Gasteiger partial charge is 0.404 e. The molecule has 2 unspecified atom stereocenters. The fourth-order valence-electron chi connectivity index (χ4n) is 3.76. The average Bonchev–Trinajstić information content (AvgIpc) is 3.04. The third-order valence-corrected chi connectivity index (χ3v) is 6.26. The molecule has 1 heterocycles. The highest BCUT2D eigenvalue weighted by molar-refractivity contribution is 7.47. The van der Waals surface area contributed by atoms with Gasteiger partial charge in [-0.1, -0.05) is 39.8 Å². The van der Waals surface area contributed by atoms with Gasteiger partial charge in [-0.2, -0.15) is 0 Å². The van der Waals surface area contributed by atoms with Crippen LogP contribution in [0.2, 0.25) is 0 Å². The number of phosphoric acid groups is 1. The predicted molar refractivity (Wildman–Crippen MR) is 127 cm³/mol. The average molecular weight is 486 g/mol. The van der Waals surface area contributed by atoms with Crippen molar-refractivity contribution in [1.29, 1.82) is 0 Å². The zero-order valence-corrected chi connectivity index (χ0v) is 21.7. The molecule has 1 saturated heterocycles. The second-order valence-corrected chi connectivity index (χ2v) is 10.9. The second-order valence-electron chi connectivity index (χ2n) is 9.59. The fourth-order valence-corrected chi connectivity index (χ4v) is 4.75. The van der Waals surface area contributed by atoms with E-state index in [2.05, 4.69) is 5.32 Å². The molecule has 0 radical (unpaired) electrons. The molecule has 8 nitrogen and oxygen atoms in total. The Morgan fingerprint density at radius 3 is 2.36 bits per heavy atom. The monoisotopic (exact) mass is 485 g/mol. The van der Waals surface area contributed by atoms with Crippen LogP contribution in [0.4, 0.5) is 0 Å². The number of nitrogens with one attached hydrogen (secondary N) is 1. The van der Waals surface area contributed by atoms with E-state index in [9.17, 15) is 14.3 Å². The standard InChI is InChI=1S/C24H40NO7P/c1-15(2)24(26)21(25-16(3)4)13-19-8-10-20(11-9-19)31-33(27,28)32-22-12-18(7)30-23(22)14-29-17(5)6/h8-11,15-18,21-23,25H,12-14H2,1-7H3,(H,27,28)/t18-,21+,22?,23+/m0/s1. The van der Waals surface area contributed by atoms with Crippen LogP contribution in [0, 0.1) is 5.92 Å². The van der Waals surface area contributed by atoms with Crippen molar-refractivity contribution < 1.29 is 32.8 Å². The quantitative estimate of drug-likeness (QED) is 0.399. The molecular weight excluding hydrogens is 445 g/mol. The third kappa shape index (κ3) is 9.47. The second kappa shape index (κ2) is 12.4. The normalized spacial score (nSPS) is 23.8. The van der Waals surface area contributed by atoms with Crippen LogP contribution in [0.25, 0.3) is 0 Å². The lowest BCUT2D eigenvalue weighted by atomic mass is 9.95. The van der Waals surface area contributed by atoms with Gasteiger partial charge in [-0.15, -0.1) is 0 Å². The van der Waals surface area contributed by atoms with Crippen LogP contribution in [0.15, 0.2) is 24.3 Å². The van der Waals surface area contributed by atoms with E-state index in [4.69, 9.17) is 18.5 Å². The molecule has 33 heavy (non-hydrogen) atoms. The van der Waals surface area contributed by atoms with Gasteiger partial charge in [0.2, 0.25) is 0 Å². The molecule has 2 rings (SSSR count). The largest absolute Gasteiger partial charge is 0.527 e. The number of phosphoric ester groups is 1. The van der Waals surface area contributed by atoms with E-state index < -0.39 is 20.0 Å². The Hall–Kier alpha value is -1.28. The van der Waals surface area contributed by atoms with E-state index in [1.165, 1.54) is 0 Å². The van der Waals surface area contributed by atoms with Crippen molar-refractivity contribution in [1.82, 2.24) is 5.32 Å². The number of rotatable bonds is 13. The number of carbonyl (C=O) groups excluding carboxylic acids is 1. The molecule has 2 N–H and O–H groups in total. The van der Waals surface area contributed by atoms with Gasteiger partial charge in [0, 0.05) is 18.4 Å². The van der Waals surface area contributed by atoms with Crippen molar-refractivity contribution in [2.24, 2.45) is 5.92 Å². The minimum atomic E-state index is -4.37. The van der Waals surface area contributed by atoms with Gasteiger partial charge in [0.25, 0.3) is 0 Å². The molecule has 0 amide bonds. The van der Waals surface area contributed by atoms with Crippen LogP contribution in [-0.2, 0) is 29.8 Å². The number of hydrogen-bond donors (Lipinski definition) is 2. The van der Waals surface area contributed by atoms with Crippen LogP contribution >= 0.6 is 7.82 Å². The summed E-state index contributed by atoms with van der Waals surface area (Å²) in [5.74, 6) is 0.301. The molecule has 0 bridgehead atoms. The zero-order chi connectivity index (χ0) is 24.8. The predicted octanol–water partition coefficient (Wildman–Crippen LogP) is 4.29. The molecule has 0 aromatic heterocycles. The van der Waals surface area contributed by atoms with Gasteiger partial charge in [0.05, 0.1) is 24.9 Å². The van der Waals surface area contributed by atoms with Gasteiger partial charge in [-0.25, -0.2) is 4.57 Å². The number of Topliss-reactive ketones (excluding diaryl/α,β-unsaturated/α-hetero) is 1. The summed E-state index contributed by atoms with van der Waals surface area (Å²) in [6.45, 7) is 13.8. The molecule has 9 heteroatoms. The zero-order valence-electron chi connectivity index (χ0n) is 20.8. The van der Waals surface area contributed by atoms with Crippen LogP contribution in [0.5, 0.6) is 5.75 Å². The van der Waals surface area contributed by atoms with Crippen LogP contribution in [0.3, 0.4) is 0 Å². The number of ether oxygens (including phenoxy) is 2. The molecule has 0 saturated carbocycles. The Balaban J connectivity index is 1.99. The first-order valence-electron chi connectivity index (χ1n) is 11.7. The lowest BCUT2D eigenvalue weighted by molar-refractivity contribution is -0.124. The van der Waals surface area contributed by atoms with E-state index in [-0.39, 0.29) is 48.3 Å². The van der Waals surface area contributed by atoms with Crippen molar-refractivity contribution in [2.45, 2.75) is 97.8 Å². The summed E-state index contributed by atoms with van der Waals surface area (Å²) in [6, 6.07) is 6.69. The van der Waals surface area contributed by atoms with Gasteiger partial charge in [-0.05, 0) is 44.9 Å². The lowest BCUT2D eigenvalue weighted by Crippen LogP contribution is -2.44. The van der Waals surface area contributed by atoms with E-state index >= 15 is 0 Å². The molecule has 1 aliphatic rings. The van der Waals surface area contributed by atoms with Crippen molar-refractivity contribution in [3.8, 4) is 5.75 Å². The topological polar surface area (TPSA) is 103 Å². The van der Waals surface area contributed by atoms with Gasteiger partial charge < -0.3 is 19.3 Å². The van der Waals surface area contributed by atoms with Crippen LogP contribution in [0.1, 0.15) is 60.5 Å². The van der Waals surface area contributed by atoms with E-state index in [1.807, 2.05) is 48.5 Å². The molecule has 5 atom stereocenters. The van der Waals surface area contributed by atoms with E-state index in [1.54, 1.807) is 24.3 Å². The van der Waals surface area contributed by atoms with Crippen molar-refractivity contribution in [3.05, 3.63) is 29.8 Å². The Bertz CT molecular complexity index is 797. The van der Waals surface area contributed by atoms with E-state index in [0.717, 1.165) is 5.56 Å². The number of carbonyl (C=O) groups is 1. The minimum absolute atomic E-state index is 0.0204. The summed E-state index contributed by atoms with van der Waals surface area (Å²) in [5.41, 5.74) is 0.923. The molecule has 0 aliphatic carbocycles. The lowest BCUT2D eigenvalue weighted by Gasteiger charge is -2.23. The molecule has 1 aromatic carbocycles. The molecule has 1 aromatic rings. The highest BCUT2D eigenvalue weighted by Gasteiger charge is 2.40. The first kappa shape index (κ1) is 28.0. The van der Waals surface area contributed by atoms with Gasteiger partial charge in [0.1, 0.15) is 18.0 Å². The van der Waals surface area contributed by atoms with Crippen molar-refractivity contribution in [3.63, 3.8) is 0 Å². The van der Waals surface area contributed by atoms with Crippen LogP contribution in [-0.4, -0.2) is 53.8 Å². The van der Waals surface area contributed by atoms with E-state index in [0.29, 0.717) is 12.8 Å². The maximum atomic E-state index is 12.6. The summed E-state index contributed by atoms with van der Waals surface area (Å²) in [5, 5.41) is 3.32. The summed E-state index contributed by atoms with van der Waals surface area (Å²) in [4.78, 5) is 22.9. The van der Waals surface area contributed by atoms with Crippen molar-refractivity contribution in [2.75, 3.05) is 6.61 Å². The maximum absolute atomic E-state index is 12.6. The highest BCUT2D eigenvalue weighted by atomic mass is 31.2. The number of ketones is 1. The Labute approximate surface area is 198 Å². The Kier molecular flexibility index (Phi) is 10.5. The first-order chi connectivity index (χ1) is 15.4. The summed E-state index contributed by atoms with van der Waals surface area (Å²) >= 11 is 0. The Morgan fingerprint density at radius 1 is 1.18 bits per heavy atom. The Morgan fingerprint density at radius 2 is 1.82 bits per heavy atom. The third-order valence-electron chi connectivity index (χ3n) is 5.28. The molecule has 1 fully saturated rings.